The summed E-state index contributed by atoms with van der Waals surface area (Å²) in [6.45, 7) is 6.89. The number of anilines is 2. The Kier molecular flexibility index (Phi) is 4.96. The van der Waals surface area contributed by atoms with Gasteiger partial charge in [0.1, 0.15) is 4.88 Å². The number of thiazole rings is 1. The van der Waals surface area contributed by atoms with Crippen LogP contribution in [0.25, 0.3) is 0 Å². The highest BCUT2D eigenvalue weighted by Gasteiger charge is 2.21. The molecule has 2 rings (SSSR count). The van der Waals surface area contributed by atoms with Crippen LogP contribution in [0.3, 0.4) is 0 Å². The van der Waals surface area contributed by atoms with Crippen molar-refractivity contribution in [3.8, 4) is 0 Å². The van der Waals surface area contributed by atoms with E-state index in [4.69, 9.17) is 0 Å². The van der Waals surface area contributed by atoms with Crippen LogP contribution in [-0.4, -0.2) is 22.6 Å². The van der Waals surface area contributed by atoms with Gasteiger partial charge >= 0.3 is 5.97 Å². The Balaban J connectivity index is 2.46. The number of rotatable bonds is 6. The monoisotopic (exact) mass is 304 g/mol. The fraction of sp³-hybridized carbons (Fsp3) is 0.375. The third-order valence-corrected chi connectivity index (χ3v) is 4.43. The molecule has 4 nitrogen and oxygen atoms in total. The SMILES string of the molecule is CCCc1nc(N(CC)c2ccccc2C)sc1C(=O)O. The van der Waals surface area contributed by atoms with Crippen molar-refractivity contribution in [2.75, 3.05) is 11.4 Å². The third-order valence-electron chi connectivity index (χ3n) is 3.32. The molecule has 1 aromatic carbocycles. The fourth-order valence-electron chi connectivity index (χ4n) is 2.30. The molecular weight excluding hydrogens is 284 g/mol. The Morgan fingerprint density at radius 2 is 2.05 bits per heavy atom. The molecule has 0 aliphatic rings. The first-order chi connectivity index (χ1) is 10.1. The number of para-hydroxylation sites is 1. The van der Waals surface area contributed by atoms with E-state index >= 15 is 0 Å². The van der Waals surface area contributed by atoms with Crippen molar-refractivity contribution in [3.63, 3.8) is 0 Å². The standard InChI is InChI=1S/C16H20N2O2S/c1-4-8-12-14(15(19)20)21-16(17-12)18(5-2)13-10-7-6-9-11(13)3/h6-7,9-10H,4-5,8H2,1-3H3,(H,19,20). The van der Waals surface area contributed by atoms with Gasteiger partial charge in [0.25, 0.3) is 0 Å². The predicted molar refractivity (Wildman–Crippen MR) is 86.9 cm³/mol. The van der Waals surface area contributed by atoms with Crippen molar-refractivity contribution < 1.29 is 9.90 Å². The minimum absolute atomic E-state index is 0.360. The van der Waals surface area contributed by atoms with E-state index in [0.29, 0.717) is 17.0 Å². The molecule has 1 aromatic heterocycles. The van der Waals surface area contributed by atoms with Crippen LogP contribution in [0.15, 0.2) is 24.3 Å². The van der Waals surface area contributed by atoms with E-state index in [-0.39, 0.29) is 0 Å². The van der Waals surface area contributed by atoms with Crippen LogP contribution < -0.4 is 4.90 Å². The molecule has 0 saturated heterocycles. The average Bonchev–Trinajstić information content (AvgIpc) is 2.86. The molecular formula is C16H20N2O2S. The fourth-order valence-corrected chi connectivity index (χ4v) is 3.33. The molecule has 0 saturated carbocycles. The van der Waals surface area contributed by atoms with E-state index in [0.717, 1.165) is 29.3 Å². The molecule has 0 unspecified atom stereocenters. The zero-order valence-corrected chi connectivity index (χ0v) is 13.4. The third kappa shape index (κ3) is 3.24. The topological polar surface area (TPSA) is 53.4 Å². The maximum Gasteiger partial charge on any atom is 0.347 e. The van der Waals surface area contributed by atoms with E-state index in [1.54, 1.807) is 0 Å². The van der Waals surface area contributed by atoms with Gasteiger partial charge in [-0.3, -0.25) is 0 Å². The molecule has 0 fully saturated rings. The van der Waals surface area contributed by atoms with Gasteiger partial charge in [0, 0.05) is 12.2 Å². The second-order valence-corrected chi connectivity index (χ2v) is 5.84. The maximum atomic E-state index is 11.4. The van der Waals surface area contributed by atoms with Crippen molar-refractivity contribution in [3.05, 3.63) is 40.4 Å². The van der Waals surface area contributed by atoms with Crippen LogP contribution in [0.5, 0.6) is 0 Å². The number of benzene rings is 1. The van der Waals surface area contributed by atoms with Crippen LogP contribution in [0.4, 0.5) is 10.8 Å². The molecule has 5 heteroatoms. The van der Waals surface area contributed by atoms with Crippen LogP contribution in [0, 0.1) is 6.92 Å². The van der Waals surface area contributed by atoms with Crippen molar-refractivity contribution >= 4 is 28.1 Å². The number of aromatic nitrogens is 1. The molecule has 0 bridgehead atoms. The van der Waals surface area contributed by atoms with Crippen molar-refractivity contribution in [2.24, 2.45) is 0 Å². The van der Waals surface area contributed by atoms with Crippen LogP contribution in [0.1, 0.15) is 41.2 Å². The summed E-state index contributed by atoms with van der Waals surface area (Å²) in [6.07, 6.45) is 1.59. The van der Waals surface area contributed by atoms with E-state index in [9.17, 15) is 9.90 Å². The highest BCUT2D eigenvalue weighted by molar-refractivity contribution is 7.17. The number of carboxylic acids is 1. The predicted octanol–water partition coefficient (Wildman–Crippen LogP) is 4.26. The molecule has 1 heterocycles. The molecule has 2 aromatic rings. The number of carboxylic acid groups (broad SMARTS) is 1. The summed E-state index contributed by atoms with van der Waals surface area (Å²) >= 11 is 1.26. The Bertz CT molecular complexity index is 637. The van der Waals surface area contributed by atoms with Crippen molar-refractivity contribution in [1.29, 1.82) is 0 Å². The molecule has 0 aliphatic heterocycles. The summed E-state index contributed by atoms with van der Waals surface area (Å²) < 4.78 is 0. The smallest absolute Gasteiger partial charge is 0.347 e. The van der Waals surface area contributed by atoms with E-state index in [2.05, 4.69) is 22.9 Å². The van der Waals surface area contributed by atoms with Gasteiger partial charge in [0.2, 0.25) is 0 Å². The van der Waals surface area contributed by atoms with E-state index in [1.807, 2.05) is 32.0 Å². The first-order valence-corrected chi connectivity index (χ1v) is 7.96. The maximum absolute atomic E-state index is 11.4. The van der Waals surface area contributed by atoms with E-state index < -0.39 is 5.97 Å². The average molecular weight is 304 g/mol. The lowest BCUT2D eigenvalue weighted by molar-refractivity contribution is 0.0700. The zero-order chi connectivity index (χ0) is 15.4. The minimum Gasteiger partial charge on any atom is -0.477 e. The molecule has 21 heavy (non-hydrogen) atoms. The summed E-state index contributed by atoms with van der Waals surface area (Å²) in [6, 6.07) is 8.08. The second-order valence-electron chi connectivity index (χ2n) is 4.86. The normalized spacial score (nSPS) is 10.6. The van der Waals surface area contributed by atoms with Gasteiger partial charge in [-0.2, -0.15) is 0 Å². The lowest BCUT2D eigenvalue weighted by atomic mass is 10.2. The Labute approximate surface area is 129 Å². The molecule has 0 aliphatic carbocycles. The van der Waals surface area contributed by atoms with Gasteiger partial charge < -0.3 is 10.0 Å². The number of aryl methyl sites for hydroxylation is 2. The summed E-state index contributed by atoms with van der Waals surface area (Å²) in [5.41, 5.74) is 2.93. The molecule has 0 spiro atoms. The molecule has 1 N–H and O–H groups in total. The van der Waals surface area contributed by atoms with Gasteiger partial charge in [-0.05, 0) is 31.9 Å². The number of hydrogen-bond acceptors (Lipinski definition) is 4. The highest BCUT2D eigenvalue weighted by Crippen LogP contribution is 2.33. The van der Waals surface area contributed by atoms with Gasteiger partial charge in [-0.1, -0.05) is 42.9 Å². The number of carbonyl (C=O) groups is 1. The summed E-state index contributed by atoms with van der Waals surface area (Å²) in [5, 5.41) is 10.1. The summed E-state index contributed by atoms with van der Waals surface area (Å²) in [7, 11) is 0. The lowest BCUT2D eigenvalue weighted by Crippen LogP contribution is -2.16. The number of hydrogen-bond donors (Lipinski definition) is 1. The van der Waals surface area contributed by atoms with Crippen LogP contribution >= 0.6 is 11.3 Å². The summed E-state index contributed by atoms with van der Waals surface area (Å²) in [5.74, 6) is -0.886. The Morgan fingerprint density at radius 1 is 1.33 bits per heavy atom. The molecule has 0 amide bonds. The van der Waals surface area contributed by atoms with E-state index in [1.165, 1.54) is 11.3 Å². The van der Waals surface area contributed by atoms with Gasteiger partial charge in [-0.25, -0.2) is 9.78 Å². The number of nitrogens with zero attached hydrogens (tertiary/aromatic N) is 2. The lowest BCUT2D eigenvalue weighted by Gasteiger charge is -2.21. The van der Waals surface area contributed by atoms with Crippen molar-refractivity contribution in [1.82, 2.24) is 4.98 Å². The van der Waals surface area contributed by atoms with Gasteiger partial charge in [0.05, 0.1) is 5.69 Å². The van der Waals surface area contributed by atoms with Crippen LogP contribution in [-0.2, 0) is 6.42 Å². The largest absolute Gasteiger partial charge is 0.477 e. The minimum atomic E-state index is -0.886. The van der Waals surface area contributed by atoms with Gasteiger partial charge in [-0.15, -0.1) is 0 Å². The first kappa shape index (κ1) is 15.5. The quantitative estimate of drug-likeness (QED) is 0.866. The van der Waals surface area contributed by atoms with Gasteiger partial charge in [0.15, 0.2) is 5.13 Å². The second kappa shape index (κ2) is 6.72. The van der Waals surface area contributed by atoms with Crippen molar-refractivity contribution in [2.45, 2.75) is 33.6 Å². The zero-order valence-electron chi connectivity index (χ0n) is 12.6. The van der Waals surface area contributed by atoms with Crippen LogP contribution in [0.2, 0.25) is 0 Å². The Morgan fingerprint density at radius 3 is 2.62 bits per heavy atom. The highest BCUT2D eigenvalue weighted by atomic mass is 32.1. The molecule has 0 radical (unpaired) electrons. The number of aromatic carboxylic acids is 1. The molecule has 112 valence electrons. The summed E-state index contributed by atoms with van der Waals surface area (Å²) in [4.78, 5) is 18.4. The Hall–Kier alpha value is -1.88. The first-order valence-electron chi connectivity index (χ1n) is 7.14. The molecule has 0 atom stereocenters.